The molecule has 0 radical (unpaired) electrons. The van der Waals surface area contributed by atoms with Crippen LogP contribution in [0.2, 0.25) is 0 Å². The van der Waals surface area contributed by atoms with E-state index in [2.05, 4.69) is 20.3 Å². The molecule has 2 aromatic heterocycles. The van der Waals surface area contributed by atoms with Crippen LogP contribution in [0.15, 0.2) is 41.2 Å². The number of anilines is 1. The number of rotatable bonds is 10. The Hall–Kier alpha value is -4.82. The minimum absolute atomic E-state index is 0.0280. The largest absolute Gasteiger partial charge is 0.480 e. The van der Waals surface area contributed by atoms with Gasteiger partial charge in [-0.3, -0.25) is 14.4 Å². The fourth-order valence-electron chi connectivity index (χ4n) is 5.45. The van der Waals surface area contributed by atoms with Crippen molar-refractivity contribution in [1.29, 1.82) is 0 Å². The number of imidazole rings is 1. The van der Waals surface area contributed by atoms with Gasteiger partial charge in [0.15, 0.2) is 0 Å². The van der Waals surface area contributed by atoms with Crippen molar-refractivity contribution in [3.05, 3.63) is 58.1 Å². The Kier molecular flexibility index (Phi) is 8.41. The number of aliphatic hydroxyl groups excluding tert-OH is 2. The highest BCUT2D eigenvalue weighted by molar-refractivity contribution is 6.00. The zero-order valence-corrected chi connectivity index (χ0v) is 23.0. The van der Waals surface area contributed by atoms with Gasteiger partial charge in [-0.1, -0.05) is 6.07 Å². The summed E-state index contributed by atoms with van der Waals surface area (Å²) in [5, 5.41) is 32.5. The van der Waals surface area contributed by atoms with Crippen LogP contribution in [0.5, 0.6) is 0 Å². The molecule has 226 valence electrons. The molecule has 8 N–H and O–H groups in total. The van der Waals surface area contributed by atoms with Crippen LogP contribution in [0.1, 0.15) is 42.5 Å². The first-order chi connectivity index (χ1) is 20.5. The number of nitrogen functional groups attached to an aromatic ring is 1. The van der Waals surface area contributed by atoms with Gasteiger partial charge in [0.2, 0.25) is 5.91 Å². The minimum atomic E-state index is -1.16. The van der Waals surface area contributed by atoms with Gasteiger partial charge in [0.1, 0.15) is 23.2 Å². The van der Waals surface area contributed by atoms with E-state index in [0.29, 0.717) is 30.4 Å². The van der Waals surface area contributed by atoms with Gasteiger partial charge in [0.25, 0.3) is 11.5 Å². The average molecular weight is 595 g/mol. The molecule has 3 atom stereocenters. The molecule has 1 fully saturated rings. The van der Waals surface area contributed by atoms with Gasteiger partial charge in [-0.05, 0) is 56.0 Å². The minimum Gasteiger partial charge on any atom is -0.480 e. The third-order valence-corrected chi connectivity index (χ3v) is 7.58. The van der Waals surface area contributed by atoms with E-state index in [-0.39, 0.29) is 59.3 Å². The Morgan fingerprint density at radius 2 is 1.93 bits per heavy atom. The number of aromatic amines is 2. The maximum atomic E-state index is 14.4. The highest BCUT2D eigenvalue weighted by atomic mass is 19.1. The van der Waals surface area contributed by atoms with Crippen LogP contribution in [0, 0.1) is 5.82 Å². The fourth-order valence-corrected chi connectivity index (χ4v) is 5.45. The number of likely N-dealkylation sites (tertiary alicyclic amines) is 1. The smallest absolute Gasteiger partial charge is 0.326 e. The number of amides is 2. The number of carbonyl (C=O) groups excluding carboxylic acids is 2. The predicted octanol–water partition coefficient (Wildman–Crippen LogP) is 1.49. The fraction of sp³-hybridized carbons (Fsp3) is 0.345. The summed E-state index contributed by atoms with van der Waals surface area (Å²) in [6.07, 6.45) is -1.53. The molecular weight excluding hydrogens is 563 g/mol. The van der Waals surface area contributed by atoms with E-state index in [1.807, 2.05) is 0 Å². The number of nitrogens with two attached hydrogens (primary N) is 1. The third-order valence-electron chi connectivity index (χ3n) is 7.58. The number of aliphatic carboxylic acids is 1. The number of aliphatic hydroxyl groups is 2. The Morgan fingerprint density at radius 3 is 2.70 bits per heavy atom. The summed E-state index contributed by atoms with van der Waals surface area (Å²) >= 11 is 0. The zero-order valence-electron chi connectivity index (χ0n) is 23.0. The van der Waals surface area contributed by atoms with E-state index in [1.165, 1.54) is 29.2 Å². The standard InChI is InChI=1S/C29H31FN6O7/c30-17-3-1-4-19-23(17)25(31)24(28(41)35-19)26-33-18-7-6-14(11-20(18)34-26)27(40)32-9-8-15(37)12-16(38)13-22(39)36-10-2-5-21(36)29(42)43/h1,3-4,6-7,11,15-16,21,37-38H,2,5,8-10,12-13H2,(H,32,40)(H,33,34)(H,42,43)(H3,31,35,41)/t15-,16-,21?/m1/s1. The van der Waals surface area contributed by atoms with Gasteiger partial charge >= 0.3 is 5.97 Å². The number of fused-ring (bicyclic) bond motifs is 2. The number of hydrogen-bond donors (Lipinski definition) is 7. The van der Waals surface area contributed by atoms with Gasteiger partial charge in [0.05, 0.1) is 46.3 Å². The van der Waals surface area contributed by atoms with Gasteiger partial charge in [0, 0.05) is 18.7 Å². The molecule has 0 aliphatic carbocycles. The first kappa shape index (κ1) is 29.7. The lowest BCUT2D eigenvalue weighted by Crippen LogP contribution is -2.42. The molecule has 0 bridgehead atoms. The van der Waals surface area contributed by atoms with Crippen molar-refractivity contribution in [3.63, 3.8) is 0 Å². The summed E-state index contributed by atoms with van der Waals surface area (Å²) in [6, 6.07) is 7.98. The molecule has 0 saturated carbocycles. The van der Waals surface area contributed by atoms with E-state index in [4.69, 9.17) is 5.73 Å². The summed E-state index contributed by atoms with van der Waals surface area (Å²) in [5.74, 6) is -2.48. The lowest BCUT2D eigenvalue weighted by molar-refractivity contribution is -0.149. The van der Waals surface area contributed by atoms with Crippen molar-refractivity contribution in [2.24, 2.45) is 0 Å². The molecule has 0 spiro atoms. The molecule has 1 aliphatic rings. The molecule has 1 aliphatic heterocycles. The number of carbonyl (C=O) groups is 3. The molecular formula is C29H31FN6O7. The van der Waals surface area contributed by atoms with Crippen LogP contribution in [0.25, 0.3) is 33.3 Å². The number of carboxylic acid groups (broad SMARTS) is 1. The molecule has 5 rings (SSSR count). The second kappa shape index (κ2) is 12.2. The summed E-state index contributed by atoms with van der Waals surface area (Å²) in [5.41, 5.74) is 6.93. The van der Waals surface area contributed by atoms with E-state index in [1.54, 1.807) is 12.1 Å². The topological polar surface area (TPSA) is 215 Å². The SMILES string of the molecule is Nc1c(-c2nc3ccc(C(=O)NCC[C@@H](O)C[C@@H](O)CC(=O)N4CCCC4C(=O)O)cc3[nH]2)c(=O)[nH]c2cccc(F)c12. The van der Waals surface area contributed by atoms with Crippen LogP contribution in [0.4, 0.5) is 10.1 Å². The van der Waals surface area contributed by atoms with E-state index < -0.39 is 47.4 Å². The molecule has 4 aromatic rings. The van der Waals surface area contributed by atoms with Crippen LogP contribution < -0.4 is 16.6 Å². The van der Waals surface area contributed by atoms with Crippen LogP contribution in [-0.2, 0) is 9.59 Å². The first-order valence-electron chi connectivity index (χ1n) is 13.8. The Labute approximate surface area is 243 Å². The zero-order chi connectivity index (χ0) is 30.8. The van der Waals surface area contributed by atoms with Gasteiger partial charge in [-0.25, -0.2) is 14.2 Å². The van der Waals surface area contributed by atoms with Gasteiger partial charge in [-0.2, -0.15) is 0 Å². The van der Waals surface area contributed by atoms with Crippen molar-refractivity contribution >= 4 is 45.4 Å². The lowest BCUT2D eigenvalue weighted by atomic mass is 10.1. The molecule has 2 amide bonds. The summed E-state index contributed by atoms with van der Waals surface area (Å²) in [6.45, 7) is 0.396. The van der Waals surface area contributed by atoms with Crippen LogP contribution in [-0.4, -0.2) is 84.3 Å². The van der Waals surface area contributed by atoms with Crippen LogP contribution in [0.3, 0.4) is 0 Å². The maximum absolute atomic E-state index is 14.4. The number of nitrogens with zero attached hydrogens (tertiary/aromatic N) is 2. The highest BCUT2D eigenvalue weighted by Crippen LogP contribution is 2.30. The molecule has 13 nitrogen and oxygen atoms in total. The first-order valence-corrected chi connectivity index (χ1v) is 13.8. The van der Waals surface area contributed by atoms with Crippen LogP contribution >= 0.6 is 0 Å². The number of halogens is 1. The number of carboxylic acids is 1. The summed E-state index contributed by atoms with van der Waals surface area (Å²) in [4.78, 5) is 60.4. The predicted molar refractivity (Wildman–Crippen MR) is 155 cm³/mol. The van der Waals surface area contributed by atoms with Crippen molar-refractivity contribution < 1.29 is 34.1 Å². The van der Waals surface area contributed by atoms with Crippen molar-refractivity contribution in [2.75, 3.05) is 18.8 Å². The third kappa shape index (κ3) is 6.20. The van der Waals surface area contributed by atoms with Gasteiger partial charge < -0.3 is 41.2 Å². The molecule has 3 heterocycles. The quantitative estimate of drug-likeness (QED) is 0.141. The Balaban J connectivity index is 1.18. The van der Waals surface area contributed by atoms with E-state index in [0.717, 1.165) is 0 Å². The van der Waals surface area contributed by atoms with Crippen molar-refractivity contribution in [1.82, 2.24) is 25.2 Å². The number of H-pyrrole nitrogens is 2. The average Bonchev–Trinajstić information content (AvgIpc) is 3.60. The summed E-state index contributed by atoms with van der Waals surface area (Å²) in [7, 11) is 0. The molecule has 1 saturated heterocycles. The summed E-state index contributed by atoms with van der Waals surface area (Å²) < 4.78 is 14.4. The normalized spacial score (nSPS) is 16.4. The Morgan fingerprint density at radius 1 is 1.14 bits per heavy atom. The molecule has 14 heteroatoms. The molecule has 1 unspecified atom stereocenters. The molecule has 43 heavy (non-hydrogen) atoms. The number of pyridine rings is 1. The highest BCUT2D eigenvalue weighted by Gasteiger charge is 2.34. The second-order valence-electron chi connectivity index (χ2n) is 10.6. The van der Waals surface area contributed by atoms with E-state index >= 15 is 0 Å². The number of nitrogens with one attached hydrogen (secondary N) is 3. The lowest BCUT2D eigenvalue weighted by Gasteiger charge is -2.23. The maximum Gasteiger partial charge on any atom is 0.326 e. The van der Waals surface area contributed by atoms with Crippen molar-refractivity contribution in [2.45, 2.75) is 50.4 Å². The monoisotopic (exact) mass is 594 g/mol. The Bertz CT molecular complexity index is 1770. The molecule has 2 aromatic carbocycles. The van der Waals surface area contributed by atoms with E-state index in [9.17, 15) is 38.9 Å². The second-order valence-corrected chi connectivity index (χ2v) is 10.6. The van der Waals surface area contributed by atoms with Gasteiger partial charge in [-0.15, -0.1) is 0 Å². The number of hydrogen-bond acceptors (Lipinski definition) is 8. The number of aromatic nitrogens is 3. The number of benzene rings is 2. The van der Waals surface area contributed by atoms with Crippen molar-refractivity contribution in [3.8, 4) is 11.4 Å².